The van der Waals surface area contributed by atoms with Gasteiger partial charge in [-0.2, -0.15) is 13.2 Å². The monoisotopic (exact) mass is 283 g/mol. The number of morpholine rings is 1. The summed E-state index contributed by atoms with van der Waals surface area (Å²) >= 11 is 0. The Labute approximate surface area is 108 Å². The molecule has 2 N–H and O–H groups in total. The summed E-state index contributed by atoms with van der Waals surface area (Å²) in [4.78, 5) is 24.2. The van der Waals surface area contributed by atoms with Crippen LogP contribution in [0.15, 0.2) is 0 Å². The maximum Gasteiger partial charge on any atom is 0.405 e. The van der Waals surface area contributed by atoms with Crippen molar-refractivity contribution in [1.82, 2.24) is 15.5 Å². The van der Waals surface area contributed by atoms with Crippen molar-refractivity contribution in [2.45, 2.75) is 6.18 Å². The van der Waals surface area contributed by atoms with Crippen molar-refractivity contribution in [3.8, 4) is 0 Å². The molecule has 0 radical (unpaired) electrons. The summed E-state index contributed by atoms with van der Waals surface area (Å²) in [6.45, 7) is 1.91. The molecule has 0 unspecified atom stereocenters. The van der Waals surface area contributed by atoms with E-state index in [4.69, 9.17) is 4.74 Å². The summed E-state index contributed by atoms with van der Waals surface area (Å²) in [6.07, 6.45) is -4.52. The second kappa shape index (κ2) is 7.29. The first kappa shape index (κ1) is 15.7. The molecule has 0 aromatic heterocycles. The highest BCUT2D eigenvalue weighted by Gasteiger charge is 2.29. The number of hydrogen-bond donors (Lipinski definition) is 2. The summed E-state index contributed by atoms with van der Waals surface area (Å²) in [5, 5.41) is 3.77. The minimum absolute atomic E-state index is 0.207. The lowest BCUT2D eigenvalue weighted by molar-refractivity contribution is -0.146. The number of nitrogens with zero attached hydrogens (tertiary/aromatic N) is 1. The van der Waals surface area contributed by atoms with Gasteiger partial charge in [0.1, 0.15) is 6.54 Å². The highest BCUT2D eigenvalue weighted by Crippen LogP contribution is 2.11. The predicted octanol–water partition coefficient (Wildman–Crippen LogP) is -0.887. The van der Waals surface area contributed by atoms with Gasteiger partial charge >= 0.3 is 18.0 Å². The fourth-order valence-electron chi connectivity index (χ4n) is 1.49. The average molecular weight is 283 g/mol. The first-order chi connectivity index (χ1) is 8.88. The number of rotatable bonds is 4. The number of halogens is 3. The van der Waals surface area contributed by atoms with E-state index in [1.54, 1.807) is 0 Å². The molecule has 110 valence electrons. The molecule has 1 rings (SSSR count). The maximum atomic E-state index is 11.8. The van der Waals surface area contributed by atoms with Crippen molar-refractivity contribution in [1.29, 1.82) is 0 Å². The summed E-state index contributed by atoms with van der Waals surface area (Å²) in [5.74, 6) is -2.34. The van der Waals surface area contributed by atoms with Crippen LogP contribution in [0.5, 0.6) is 0 Å². The molecular formula is C10H16F3N3O3. The average Bonchev–Trinajstić information content (AvgIpc) is 2.36. The Morgan fingerprint density at radius 3 is 2.26 bits per heavy atom. The fraction of sp³-hybridized carbons (Fsp3) is 0.800. The second-order valence-corrected chi connectivity index (χ2v) is 4.01. The Bertz CT molecular complexity index is 317. The summed E-state index contributed by atoms with van der Waals surface area (Å²) in [7, 11) is 0. The molecule has 1 heterocycles. The topological polar surface area (TPSA) is 70.7 Å². The number of carbonyl (C=O) groups is 2. The molecule has 0 bridgehead atoms. The van der Waals surface area contributed by atoms with Gasteiger partial charge < -0.3 is 15.4 Å². The van der Waals surface area contributed by atoms with E-state index in [0.717, 1.165) is 13.1 Å². The van der Waals surface area contributed by atoms with Crippen LogP contribution >= 0.6 is 0 Å². The third-order valence-corrected chi connectivity index (χ3v) is 2.47. The Hall–Kier alpha value is -1.35. The zero-order chi connectivity index (χ0) is 14.3. The minimum atomic E-state index is -4.52. The molecule has 9 heteroatoms. The van der Waals surface area contributed by atoms with Gasteiger partial charge in [0, 0.05) is 26.2 Å². The molecular weight excluding hydrogens is 267 g/mol. The second-order valence-electron chi connectivity index (χ2n) is 4.01. The van der Waals surface area contributed by atoms with E-state index in [1.807, 2.05) is 4.90 Å². The lowest BCUT2D eigenvalue weighted by Gasteiger charge is -2.26. The van der Waals surface area contributed by atoms with Gasteiger partial charge in [0.2, 0.25) is 0 Å². The first-order valence-corrected chi connectivity index (χ1v) is 5.81. The minimum Gasteiger partial charge on any atom is -0.379 e. The van der Waals surface area contributed by atoms with Gasteiger partial charge in [0.25, 0.3) is 0 Å². The zero-order valence-corrected chi connectivity index (χ0v) is 10.3. The Kier molecular flexibility index (Phi) is 6.03. The van der Waals surface area contributed by atoms with Gasteiger partial charge in [-0.3, -0.25) is 14.5 Å². The fourth-order valence-corrected chi connectivity index (χ4v) is 1.49. The quantitative estimate of drug-likeness (QED) is 0.657. The molecule has 0 aliphatic carbocycles. The van der Waals surface area contributed by atoms with Crippen LogP contribution in [0.4, 0.5) is 13.2 Å². The SMILES string of the molecule is O=C(NCCN1CCOCC1)C(=O)NCC(F)(F)F. The number of nitrogens with one attached hydrogen (secondary N) is 2. The zero-order valence-electron chi connectivity index (χ0n) is 10.3. The summed E-state index contributed by atoms with van der Waals surface area (Å²) < 4.78 is 40.6. The van der Waals surface area contributed by atoms with E-state index in [1.165, 1.54) is 5.32 Å². The van der Waals surface area contributed by atoms with Gasteiger partial charge in [-0.1, -0.05) is 0 Å². The van der Waals surface area contributed by atoms with Gasteiger partial charge in [0.15, 0.2) is 0 Å². The predicted molar refractivity (Wildman–Crippen MR) is 59.3 cm³/mol. The van der Waals surface area contributed by atoms with Crippen LogP contribution in [0.3, 0.4) is 0 Å². The van der Waals surface area contributed by atoms with E-state index in [-0.39, 0.29) is 6.54 Å². The standard InChI is InChI=1S/C10H16F3N3O3/c11-10(12,13)7-15-9(18)8(17)14-1-2-16-3-5-19-6-4-16/h1-7H2,(H,14,17)(H,15,18). The van der Waals surface area contributed by atoms with Crippen molar-refractivity contribution in [3.63, 3.8) is 0 Å². The van der Waals surface area contributed by atoms with Crippen LogP contribution in [0.2, 0.25) is 0 Å². The summed E-state index contributed by atoms with van der Waals surface area (Å²) in [6, 6.07) is 0. The van der Waals surface area contributed by atoms with Gasteiger partial charge in [0.05, 0.1) is 13.2 Å². The highest BCUT2D eigenvalue weighted by atomic mass is 19.4. The number of amides is 2. The van der Waals surface area contributed by atoms with Crippen molar-refractivity contribution in [3.05, 3.63) is 0 Å². The van der Waals surface area contributed by atoms with E-state index >= 15 is 0 Å². The van der Waals surface area contributed by atoms with Crippen LogP contribution in [0.1, 0.15) is 0 Å². The molecule has 0 saturated carbocycles. The first-order valence-electron chi connectivity index (χ1n) is 5.81. The van der Waals surface area contributed by atoms with Crippen LogP contribution in [-0.4, -0.2) is 68.8 Å². The van der Waals surface area contributed by atoms with E-state index in [9.17, 15) is 22.8 Å². The number of carbonyl (C=O) groups excluding carboxylic acids is 2. The lowest BCUT2D eigenvalue weighted by Crippen LogP contribution is -2.46. The van der Waals surface area contributed by atoms with Crippen molar-refractivity contribution in [2.24, 2.45) is 0 Å². The Morgan fingerprint density at radius 2 is 1.68 bits per heavy atom. The molecule has 1 aliphatic heterocycles. The van der Waals surface area contributed by atoms with E-state index in [0.29, 0.717) is 19.8 Å². The molecule has 0 aromatic carbocycles. The normalized spacial score (nSPS) is 17.0. The molecule has 1 saturated heterocycles. The van der Waals surface area contributed by atoms with Crippen molar-refractivity contribution < 1.29 is 27.5 Å². The number of ether oxygens (including phenoxy) is 1. The molecule has 1 aliphatic rings. The van der Waals surface area contributed by atoms with Crippen LogP contribution < -0.4 is 10.6 Å². The number of hydrogen-bond acceptors (Lipinski definition) is 4. The van der Waals surface area contributed by atoms with E-state index < -0.39 is 24.5 Å². The van der Waals surface area contributed by atoms with Crippen LogP contribution in [0, 0.1) is 0 Å². The number of alkyl halides is 3. The lowest BCUT2D eigenvalue weighted by atomic mass is 10.4. The van der Waals surface area contributed by atoms with Crippen LogP contribution in [0.25, 0.3) is 0 Å². The largest absolute Gasteiger partial charge is 0.405 e. The third kappa shape index (κ3) is 6.97. The maximum absolute atomic E-state index is 11.8. The smallest absolute Gasteiger partial charge is 0.379 e. The molecule has 6 nitrogen and oxygen atoms in total. The molecule has 0 atom stereocenters. The van der Waals surface area contributed by atoms with Gasteiger partial charge in [-0.15, -0.1) is 0 Å². The van der Waals surface area contributed by atoms with Gasteiger partial charge in [-0.05, 0) is 0 Å². The molecule has 19 heavy (non-hydrogen) atoms. The Morgan fingerprint density at radius 1 is 1.11 bits per heavy atom. The third-order valence-electron chi connectivity index (χ3n) is 2.47. The van der Waals surface area contributed by atoms with Crippen molar-refractivity contribution >= 4 is 11.8 Å². The molecule has 0 spiro atoms. The van der Waals surface area contributed by atoms with Crippen LogP contribution in [-0.2, 0) is 14.3 Å². The van der Waals surface area contributed by atoms with Crippen molar-refractivity contribution in [2.75, 3.05) is 45.9 Å². The summed E-state index contributed by atoms with van der Waals surface area (Å²) in [5.41, 5.74) is 0. The molecule has 0 aromatic rings. The van der Waals surface area contributed by atoms with E-state index in [2.05, 4.69) is 5.32 Å². The molecule has 1 fully saturated rings. The highest BCUT2D eigenvalue weighted by molar-refractivity contribution is 6.35. The molecule has 2 amide bonds. The Balaban J connectivity index is 2.14. The van der Waals surface area contributed by atoms with Gasteiger partial charge in [-0.25, -0.2) is 0 Å².